The zero-order valence-electron chi connectivity index (χ0n) is 38.9. The molecular formula is C52H63N3O10. The molecule has 1 saturated heterocycles. The zero-order chi connectivity index (χ0) is 47.4. The van der Waals surface area contributed by atoms with E-state index in [-0.39, 0.29) is 19.3 Å². The second-order valence-electron chi connectivity index (χ2n) is 17.7. The van der Waals surface area contributed by atoms with Crippen molar-refractivity contribution >= 4 is 35.6 Å². The second kappa shape index (κ2) is 22.9. The molecule has 0 N–H and O–H groups in total. The van der Waals surface area contributed by atoms with Crippen LogP contribution in [0.4, 0.5) is 0 Å². The molecule has 0 saturated carbocycles. The van der Waals surface area contributed by atoms with Crippen LogP contribution in [0.3, 0.4) is 0 Å². The first-order valence-electron chi connectivity index (χ1n) is 22.2. The van der Waals surface area contributed by atoms with Gasteiger partial charge in [-0.25, -0.2) is 14.4 Å². The van der Waals surface area contributed by atoms with E-state index in [2.05, 4.69) is 0 Å². The van der Waals surface area contributed by atoms with Crippen LogP contribution in [0, 0.1) is 17.8 Å². The molecule has 1 aliphatic heterocycles. The van der Waals surface area contributed by atoms with E-state index in [1.165, 1.54) is 35.8 Å². The number of rotatable bonds is 12. The number of likely N-dealkylation sites (N-methyl/N-ethyl adjacent to an activating group) is 3. The lowest BCUT2D eigenvalue weighted by Gasteiger charge is -2.37. The highest BCUT2D eigenvalue weighted by Crippen LogP contribution is 2.25. The van der Waals surface area contributed by atoms with Gasteiger partial charge in [0.15, 0.2) is 18.3 Å². The van der Waals surface area contributed by atoms with Gasteiger partial charge in [0.05, 0.1) is 0 Å². The van der Waals surface area contributed by atoms with Crippen LogP contribution < -0.4 is 4.74 Å². The first kappa shape index (κ1) is 49.5. The maximum atomic E-state index is 14.7. The first-order valence-corrected chi connectivity index (χ1v) is 22.2. The summed E-state index contributed by atoms with van der Waals surface area (Å²) in [5.74, 6) is -5.78. The topological polar surface area (TPSA) is 149 Å². The Bertz CT molecular complexity index is 2170. The van der Waals surface area contributed by atoms with Crippen LogP contribution in [-0.2, 0) is 68.8 Å². The van der Waals surface area contributed by atoms with E-state index >= 15 is 0 Å². The summed E-state index contributed by atoms with van der Waals surface area (Å²) in [7, 11) is 4.30. The molecule has 0 unspecified atom stereocenters. The number of nitrogens with zero attached hydrogens (tertiary/aromatic N) is 3. The largest absolute Gasteiger partial charge is 0.489 e. The number of esters is 3. The Kier molecular flexibility index (Phi) is 17.5. The van der Waals surface area contributed by atoms with Gasteiger partial charge in [-0.2, -0.15) is 0 Å². The quantitative estimate of drug-likeness (QED) is 0.114. The van der Waals surface area contributed by atoms with Crippen LogP contribution in [-0.4, -0.2) is 108 Å². The van der Waals surface area contributed by atoms with E-state index in [9.17, 15) is 28.8 Å². The lowest BCUT2D eigenvalue weighted by Crippen LogP contribution is -2.56. The van der Waals surface area contributed by atoms with Crippen molar-refractivity contribution in [3.63, 3.8) is 0 Å². The molecule has 13 nitrogen and oxygen atoms in total. The van der Waals surface area contributed by atoms with E-state index in [0.717, 1.165) is 5.56 Å². The summed E-state index contributed by atoms with van der Waals surface area (Å²) in [4.78, 5) is 91.1. The molecule has 1 aliphatic rings. The van der Waals surface area contributed by atoms with Gasteiger partial charge in [-0.05, 0) is 52.1 Å². The van der Waals surface area contributed by atoms with Gasteiger partial charge in [0.1, 0.15) is 30.5 Å². The van der Waals surface area contributed by atoms with Crippen molar-refractivity contribution in [1.82, 2.24) is 14.7 Å². The van der Waals surface area contributed by atoms with E-state index in [4.69, 9.17) is 18.9 Å². The van der Waals surface area contributed by atoms with E-state index in [1.54, 1.807) is 114 Å². The van der Waals surface area contributed by atoms with Crippen LogP contribution in [0.1, 0.15) is 63.8 Å². The lowest BCUT2D eigenvalue weighted by molar-refractivity contribution is -0.179. The zero-order valence-corrected chi connectivity index (χ0v) is 38.9. The summed E-state index contributed by atoms with van der Waals surface area (Å²) in [6.07, 6.45) is -4.19. The van der Waals surface area contributed by atoms with Gasteiger partial charge in [0.25, 0.3) is 17.7 Å². The Morgan fingerprint density at radius 2 is 0.692 bits per heavy atom. The summed E-state index contributed by atoms with van der Waals surface area (Å²) >= 11 is 0. The fourth-order valence-corrected chi connectivity index (χ4v) is 7.58. The number of hydrogen-bond donors (Lipinski definition) is 0. The molecule has 0 aliphatic carbocycles. The maximum absolute atomic E-state index is 14.7. The molecule has 13 heteroatoms. The SMILES string of the molecule is CC(C)[C@H]1OC(=O)[C@H](Cc2ccc(OCc3ccccc3)cc2)N(C)C(=O)[C@@H](C(C)C)OC(=O)[C@H](Cc2ccccc2)N(C)C(=O)[C@@H](C(C)C)OC(=O)[C@H](Cc2ccccc2)N(C)C1=O. The van der Waals surface area contributed by atoms with Crippen molar-refractivity contribution in [1.29, 1.82) is 0 Å². The van der Waals surface area contributed by atoms with Crippen molar-refractivity contribution in [2.24, 2.45) is 17.8 Å². The molecule has 0 aromatic heterocycles. The lowest BCUT2D eigenvalue weighted by atomic mass is 9.99. The Balaban J connectivity index is 1.59. The predicted octanol–water partition coefficient (Wildman–Crippen LogP) is 6.49. The van der Waals surface area contributed by atoms with Gasteiger partial charge in [-0.3, -0.25) is 14.4 Å². The molecule has 0 bridgehead atoms. The average molecular weight is 890 g/mol. The van der Waals surface area contributed by atoms with Crippen molar-refractivity contribution in [2.75, 3.05) is 21.1 Å². The molecule has 3 amide bonds. The summed E-state index contributed by atoms with van der Waals surface area (Å²) in [5.41, 5.74) is 3.06. The number of cyclic esters (lactones) is 3. The minimum Gasteiger partial charge on any atom is -0.489 e. The third kappa shape index (κ3) is 13.0. The van der Waals surface area contributed by atoms with Crippen LogP contribution in [0.15, 0.2) is 115 Å². The smallest absolute Gasteiger partial charge is 0.329 e. The van der Waals surface area contributed by atoms with Crippen LogP contribution in [0.5, 0.6) is 5.75 Å². The monoisotopic (exact) mass is 889 g/mol. The van der Waals surface area contributed by atoms with Crippen molar-refractivity contribution in [2.45, 2.75) is 104 Å². The normalized spacial score (nSPS) is 22.1. The number of carbonyl (C=O) groups is 6. The maximum Gasteiger partial charge on any atom is 0.329 e. The summed E-state index contributed by atoms with van der Waals surface area (Å²) < 4.78 is 24.2. The van der Waals surface area contributed by atoms with Crippen molar-refractivity contribution < 1.29 is 47.7 Å². The predicted molar refractivity (Wildman–Crippen MR) is 245 cm³/mol. The number of amides is 3. The van der Waals surface area contributed by atoms with Gasteiger partial charge in [0.2, 0.25) is 0 Å². The van der Waals surface area contributed by atoms with Gasteiger partial charge in [0, 0.05) is 40.4 Å². The van der Waals surface area contributed by atoms with Crippen molar-refractivity contribution in [3.05, 3.63) is 138 Å². The van der Waals surface area contributed by atoms with E-state index < -0.39 is 89.8 Å². The van der Waals surface area contributed by atoms with E-state index in [1.807, 2.05) is 42.5 Å². The molecule has 4 aromatic carbocycles. The average Bonchev–Trinajstić information content (AvgIpc) is 3.30. The number of benzene rings is 4. The molecule has 346 valence electrons. The molecule has 0 spiro atoms. The molecule has 65 heavy (non-hydrogen) atoms. The Hall–Kier alpha value is -6.50. The van der Waals surface area contributed by atoms with E-state index in [0.29, 0.717) is 29.0 Å². The highest BCUT2D eigenvalue weighted by atomic mass is 16.6. The standard InChI is InChI=1S/C52H63N3O10/c1-33(2)44-47(56)53(7)42(30-37-21-15-11-16-22-37)51(60)64-46(35(5)6)49(58)55(9)43(31-38-25-27-40(28-26-38)62-32-39-23-17-12-18-24-39)52(61)65-45(34(3)4)48(57)54(8)41(50(59)63-44)29-36-19-13-10-14-20-36/h10-28,33-35,41-46H,29-32H2,1-9H3/t41-,42-,43-,44+,45+,46+/m0/s1. The number of carbonyl (C=O) groups excluding carboxylic acids is 6. The molecule has 6 atom stereocenters. The van der Waals surface area contributed by atoms with Crippen LogP contribution in [0.2, 0.25) is 0 Å². The summed E-state index contributed by atoms with van der Waals surface area (Å²) in [6.45, 7) is 10.6. The molecular weight excluding hydrogens is 827 g/mol. The molecule has 0 radical (unpaired) electrons. The minimum absolute atomic E-state index is 0.0139. The number of hydrogen-bond acceptors (Lipinski definition) is 10. The fraction of sp³-hybridized carbons (Fsp3) is 0.423. The number of ether oxygens (including phenoxy) is 4. The van der Waals surface area contributed by atoms with Gasteiger partial charge < -0.3 is 33.6 Å². The summed E-state index contributed by atoms with van der Waals surface area (Å²) in [6, 6.07) is 31.0. The summed E-state index contributed by atoms with van der Waals surface area (Å²) in [5, 5.41) is 0. The highest BCUT2D eigenvalue weighted by Gasteiger charge is 2.44. The van der Waals surface area contributed by atoms with Gasteiger partial charge >= 0.3 is 17.9 Å². The van der Waals surface area contributed by atoms with Gasteiger partial charge in [-0.1, -0.05) is 145 Å². The minimum atomic E-state index is -1.40. The fourth-order valence-electron chi connectivity index (χ4n) is 7.58. The van der Waals surface area contributed by atoms with Crippen LogP contribution in [0.25, 0.3) is 0 Å². The highest BCUT2D eigenvalue weighted by molar-refractivity contribution is 5.94. The van der Waals surface area contributed by atoms with Crippen LogP contribution >= 0.6 is 0 Å². The van der Waals surface area contributed by atoms with Gasteiger partial charge in [-0.15, -0.1) is 0 Å². The first-order chi connectivity index (χ1) is 31.0. The Labute approximate surface area is 383 Å². The third-order valence-corrected chi connectivity index (χ3v) is 11.7. The second-order valence-corrected chi connectivity index (χ2v) is 17.7. The molecule has 1 fully saturated rings. The molecule has 4 aromatic rings. The molecule has 1 heterocycles. The van der Waals surface area contributed by atoms with Crippen molar-refractivity contribution in [3.8, 4) is 5.75 Å². The molecule has 5 rings (SSSR count). The Morgan fingerprint density at radius 1 is 0.415 bits per heavy atom. The third-order valence-electron chi connectivity index (χ3n) is 11.7. The Morgan fingerprint density at radius 3 is 0.985 bits per heavy atom.